The zero-order chi connectivity index (χ0) is 14.4. The van der Waals surface area contributed by atoms with Crippen molar-refractivity contribution in [2.75, 3.05) is 32.7 Å². The van der Waals surface area contributed by atoms with E-state index in [1.54, 1.807) is 0 Å². The molecule has 4 nitrogen and oxygen atoms in total. The molecule has 0 amide bonds. The van der Waals surface area contributed by atoms with Gasteiger partial charge in [0.05, 0.1) is 12.8 Å². The molecule has 0 saturated carbocycles. The van der Waals surface area contributed by atoms with Gasteiger partial charge >= 0.3 is 0 Å². The Balaban J connectivity index is 1.79. The van der Waals surface area contributed by atoms with Gasteiger partial charge in [0.1, 0.15) is 5.76 Å². The Morgan fingerprint density at radius 3 is 2.90 bits per heavy atom. The smallest absolute Gasteiger partial charge is 0.118 e. The second kappa shape index (κ2) is 7.81. The Hall–Kier alpha value is -0.840. The molecule has 2 heterocycles. The number of likely N-dealkylation sites (N-methyl/N-ethyl adjacent to an activating group) is 1. The summed E-state index contributed by atoms with van der Waals surface area (Å²) < 4.78 is 5.69. The lowest BCUT2D eigenvalue weighted by Crippen LogP contribution is -2.51. The maximum atomic E-state index is 5.69. The van der Waals surface area contributed by atoms with Crippen molar-refractivity contribution in [3.8, 4) is 0 Å². The lowest BCUT2D eigenvalue weighted by atomic mass is 10.2. The number of furan rings is 1. The van der Waals surface area contributed by atoms with Crippen molar-refractivity contribution in [2.45, 2.75) is 46.3 Å². The number of rotatable bonds is 7. The van der Waals surface area contributed by atoms with Gasteiger partial charge in [-0.3, -0.25) is 9.80 Å². The summed E-state index contributed by atoms with van der Waals surface area (Å²) in [5.41, 5.74) is 1.26. The van der Waals surface area contributed by atoms with E-state index >= 15 is 0 Å². The Morgan fingerprint density at radius 2 is 2.20 bits per heavy atom. The van der Waals surface area contributed by atoms with Crippen LogP contribution >= 0.6 is 0 Å². The normalized spacial score (nSPS) is 21.4. The van der Waals surface area contributed by atoms with Gasteiger partial charge in [-0.15, -0.1) is 0 Å². The van der Waals surface area contributed by atoms with E-state index in [0.29, 0.717) is 6.04 Å². The molecule has 1 fully saturated rings. The van der Waals surface area contributed by atoms with Crippen LogP contribution in [-0.2, 0) is 13.1 Å². The first-order chi connectivity index (χ1) is 9.72. The molecule has 2 rings (SSSR count). The van der Waals surface area contributed by atoms with E-state index in [0.717, 1.165) is 45.0 Å². The fourth-order valence-electron chi connectivity index (χ4n) is 2.92. The van der Waals surface area contributed by atoms with Crippen molar-refractivity contribution < 1.29 is 4.42 Å². The van der Waals surface area contributed by atoms with Crippen LogP contribution in [0.3, 0.4) is 0 Å². The number of nitrogens with one attached hydrogen (secondary N) is 1. The molecule has 20 heavy (non-hydrogen) atoms. The van der Waals surface area contributed by atoms with E-state index < -0.39 is 0 Å². The summed E-state index contributed by atoms with van der Waals surface area (Å²) in [6.07, 6.45) is 3.06. The van der Waals surface area contributed by atoms with Gasteiger partial charge in [0, 0.05) is 37.8 Å². The molecule has 1 aromatic rings. The van der Waals surface area contributed by atoms with E-state index in [4.69, 9.17) is 4.42 Å². The molecule has 1 aliphatic heterocycles. The molecule has 1 N–H and O–H groups in total. The van der Waals surface area contributed by atoms with Crippen LogP contribution in [0.5, 0.6) is 0 Å². The molecule has 0 aliphatic carbocycles. The van der Waals surface area contributed by atoms with Crippen LogP contribution in [0.25, 0.3) is 0 Å². The van der Waals surface area contributed by atoms with Crippen LogP contribution in [0.2, 0.25) is 0 Å². The number of piperazine rings is 1. The Bertz CT molecular complexity index is 391. The molecule has 1 aromatic heterocycles. The molecule has 0 aromatic carbocycles. The van der Waals surface area contributed by atoms with Crippen LogP contribution in [0.4, 0.5) is 0 Å². The number of nitrogens with zero attached hydrogens (tertiary/aromatic N) is 2. The fraction of sp³-hybridized carbons (Fsp3) is 0.750. The summed E-state index contributed by atoms with van der Waals surface area (Å²) in [5, 5.41) is 3.41. The first-order valence-electron chi connectivity index (χ1n) is 7.96. The fourth-order valence-corrected chi connectivity index (χ4v) is 2.92. The van der Waals surface area contributed by atoms with Gasteiger partial charge < -0.3 is 9.73 Å². The van der Waals surface area contributed by atoms with Crippen LogP contribution in [-0.4, -0.2) is 48.6 Å². The quantitative estimate of drug-likeness (QED) is 0.776. The summed E-state index contributed by atoms with van der Waals surface area (Å²) in [6.45, 7) is 14.3. The molecule has 0 bridgehead atoms. The zero-order valence-corrected chi connectivity index (χ0v) is 13.2. The molecular weight excluding hydrogens is 250 g/mol. The van der Waals surface area contributed by atoms with Crippen LogP contribution in [0.15, 0.2) is 16.7 Å². The van der Waals surface area contributed by atoms with Crippen molar-refractivity contribution in [1.82, 2.24) is 15.1 Å². The second-order valence-corrected chi connectivity index (χ2v) is 5.81. The van der Waals surface area contributed by atoms with Crippen LogP contribution in [0, 0.1) is 0 Å². The molecule has 1 aliphatic rings. The van der Waals surface area contributed by atoms with Gasteiger partial charge in [-0.25, -0.2) is 0 Å². The first-order valence-corrected chi connectivity index (χ1v) is 7.96. The molecule has 0 spiro atoms. The predicted octanol–water partition coefficient (Wildman–Crippen LogP) is 2.31. The molecule has 0 radical (unpaired) electrons. The number of hydrogen-bond acceptors (Lipinski definition) is 4. The summed E-state index contributed by atoms with van der Waals surface area (Å²) >= 11 is 0. The summed E-state index contributed by atoms with van der Waals surface area (Å²) in [7, 11) is 0. The lowest BCUT2D eigenvalue weighted by Gasteiger charge is -2.38. The summed E-state index contributed by atoms with van der Waals surface area (Å²) in [4.78, 5) is 5.04. The third-order valence-corrected chi connectivity index (χ3v) is 4.10. The van der Waals surface area contributed by atoms with Crippen molar-refractivity contribution >= 4 is 0 Å². The summed E-state index contributed by atoms with van der Waals surface area (Å²) in [5.74, 6) is 1.09. The zero-order valence-electron chi connectivity index (χ0n) is 13.2. The third-order valence-electron chi connectivity index (χ3n) is 4.10. The lowest BCUT2D eigenvalue weighted by molar-refractivity contribution is 0.0790. The number of hydrogen-bond donors (Lipinski definition) is 1. The van der Waals surface area contributed by atoms with Crippen molar-refractivity contribution in [3.63, 3.8) is 0 Å². The van der Waals surface area contributed by atoms with Crippen molar-refractivity contribution in [1.29, 1.82) is 0 Å². The highest BCUT2D eigenvalue weighted by molar-refractivity contribution is 5.12. The van der Waals surface area contributed by atoms with Crippen molar-refractivity contribution in [3.05, 3.63) is 23.7 Å². The van der Waals surface area contributed by atoms with Gasteiger partial charge in [-0.2, -0.15) is 0 Å². The van der Waals surface area contributed by atoms with E-state index in [-0.39, 0.29) is 0 Å². The molecule has 1 unspecified atom stereocenters. The average molecular weight is 279 g/mol. The largest absolute Gasteiger partial charge is 0.468 e. The highest BCUT2D eigenvalue weighted by atomic mass is 16.3. The van der Waals surface area contributed by atoms with Gasteiger partial charge in [0.25, 0.3) is 0 Å². The Labute approximate surface area is 123 Å². The van der Waals surface area contributed by atoms with E-state index in [1.807, 2.05) is 6.26 Å². The van der Waals surface area contributed by atoms with Crippen LogP contribution < -0.4 is 5.32 Å². The molecule has 1 atom stereocenters. The van der Waals surface area contributed by atoms with Gasteiger partial charge in [0.15, 0.2) is 0 Å². The minimum atomic E-state index is 0.648. The molecule has 1 saturated heterocycles. The second-order valence-electron chi connectivity index (χ2n) is 5.81. The van der Waals surface area contributed by atoms with Gasteiger partial charge in [-0.1, -0.05) is 13.8 Å². The first kappa shape index (κ1) is 15.5. The van der Waals surface area contributed by atoms with E-state index in [2.05, 4.69) is 42.0 Å². The monoisotopic (exact) mass is 279 g/mol. The highest BCUT2D eigenvalue weighted by Crippen LogP contribution is 2.15. The molecule has 114 valence electrons. The van der Waals surface area contributed by atoms with E-state index in [9.17, 15) is 0 Å². The van der Waals surface area contributed by atoms with Crippen LogP contribution in [0.1, 0.15) is 38.5 Å². The Morgan fingerprint density at radius 1 is 1.35 bits per heavy atom. The average Bonchev–Trinajstić information content (AvgIpc) is 2.87. The molecular formula is C16H29N3O. The standard InChI is InChI=1S/C16H29N3O/c1-4-6-17-10-15-9-16(20-13-15)12-18-7-8-19(5-2)14(3)11-18/h9,13-14,17H,4-8,10-12H2,1-3H3. The summed E-state index contributed by atoms with van der Waals surface area (Å²) in [6, 6.07) is 2.84. The SMILES string of the molecule is CCCNCc1coc(CN2CCN(CC)C(C)C2)c1. The minimum absolute atomic E-state index is 0.648. The topological polar surface area (TPSA) is 31.7 Å². The Kier molecular flexibility index (Phi) is 6.07. The maximum absolute atomic E-state index is 5.69. The maximum Gasteiger partial charge on any atom is 0.118 e. The minimum Gasteiger partial charge on any atom is -0.468 e. The van der Waals surface area contributed by atoms with Crippen molar-refractivity contribution in [2.24, 2.45) is 0 Å². The third kappa shape index (κ3) is 4.33. The predicted molar refractivity (Wildman–Crippen MR) is 82.7 cm³/mol. The highest BCUT2D eigenvalue weighted by Gasteiger charge is 2.22. The van der Waals surface area contributed by atoms with Gasteiger partial charge in [-0.05, 0) is 32.5 Å². The molecule has 4 heteroatoms. The van der Waals surface area contributed by atoms with E-state index in [1.165, 1.54) is 18.5 Å². The van der Waals surface area contributed by atoms with Gasteiger partial charge in [0.2, 0.25) is 0 Å².